The zero-order valence-corrected chi connectivity index (χ0v) is 11.7. The number of aryl methyl sites for hydroxylation is 1. The van der Waals surface area contributed by atoms with E-state index in [1.165, 1.54) is 12.1 Å². The molecule has 4 heteroatoms. The van der Waals surface area contributed by atoms with Crippen molar-refractivity contribution in [2.24, 2.45) is 0 Å². The van der Waals surface area contributed by atoms with Gasteiger partial charge in [-0.15, -0.1) is 0 Å². The van der Waals surface area contributed by atoms with E-state index in [2.05, 4.69) is 0 Å². The van der Waals surface area contributed by atoms with Gasteiger partial charge in [0, 0.05) is 23.7 Å². The molecule has 0 amide bonds. The van der Waals surface area contributed by atoms with Crippen molar-refractivity contribution < 1.29 is 14.2 Å². The molecule has 21 heavy (non-hydrogen) atoms. The molecule has 3 aromatic rings. The first-order valence-electron chi connectivity index (χ1n) is 6.87. The van der Waals surface area contributed by atoms with E-state index >= 15 is 0 Å². The average Bonchev–Trinajstić information content (AvgIpc) is 2.86. The van der Waals surface area contributed by atoms with Crippen molar-refractivity contribution in [1.29, 1.82) is 0 Å². The summed E-state index contributed by atoms with van der Waals surface area (Å²) in [5.41, 5.74) is 1.81. The monoisotopic (exact) mass is 285 g/mol. The first-order valence-corrected chi connectivity index (χ1v) is 6.87. The van der Waals surface area contributed by atoms with Gasteiger partial charge in [-0.25, -0.2) is 4.39 Å². The topological polar surface area (TPSA) is 34.4 Å². The van der Waals surface area contributed by atoms with Gasteiger partial charge in [0.25, 0.3) is 0 Å². The van der Waals surface area contributed by atoms with Gasteiger partial charge in [-0.3, -0.25) is 0 Å². The van der Waals surface area contributed by atoms with Crippen molar-refractivity contribution in [1.82, 2.24) is 4.57 Å². The second-order valence-corrected chi connectivity index (χ2v) is 4.86. The summed E-state index contributed by atoms with van der Waals surface area (Å²) in [5.74, 6) is 0.603. The van der Waals surface area contributed by atoms with Crippen LogP contribution in [-0.4, -0.2) is 9.67 Å². The molecule has 2 aromatic carbocycles. The van der Waals surface area contributed by atoms with Crippen LogP contribution < -0.4 is 4.74 Å². The number of aromatic hydroxyl groups is 1. The quantitative estimate of drug-likeness (QED) is 0.783. The van der Waals surface area contributed by atoms with Crippen molar-refractivity contribution in [3.63, 3.8) is 0 Å². The summed E-state index contributed by atoms with van der Waals surface area (Å²) in [6, 6.07) is 11.4. The molecule has 0 fully saturated rings. The molecule has 0 spiro atoms. The van der Waals surface area contributed by atoms with Crippen LogP contribution in [0.4, 0.5) is 4.39 Å². The average molecular weight is 285 g/mol. The Morgan fingerprint density at radius 1 is 1.14 bits per heavy atom. The Balaban J connectivity index is 1.90. The standard InChI is InChI=1S/C17H16FNO2/c1-2-19-10-12(15-4-3-5-16(20)17(15)19)11-21-14-8-6-13(18)7-9-14/h3-10,20H,2,11H2,1H3. The Morgan fingerprint density at radius 3 is 2.62 bits per heavy atom. The first kappa shape index (κ1) is 13.5. The number of para-hydroxylation sites is 1. The van der Waals surface area contributed by atoms with E-state index in [0.29, 0.717) is 12.4 Å². The molecule has 0 bridgehead atoms. The lowest BCUT2D eigenvalue weighted by molar-refractivity contribution is 0.307. The predicted octanol–water partition coefficient (Wildman–Crippen LogP) is 4.08. The highest BCUT2D eigenvalue weighted by atomic mass is 19.1. The van der Waals surface area contributed by atoms with Crippen LogP contribution in [0.1, 0.15) is 12.5 Å². The fourth-order valence-electron chi connectivity index (χ4n) is 2.47. The van der Waals surface area contributed by atoms with Crippen molar-refractivity contribution in [2.75, 3.05) is 0 Å². The Hall–Kier alpha value is -2.49. The van der Waals surface area contributed by atoms with Crippen LogP contribution in [0.2, 0.25) is 0 Å². The third-order valence-corrected chi connectivity index (χ3v) is 3.51. The van der Waals surface area contributed by atoms with E-state index in [-0.39, 0.29) is 11.6 Å². The summed E-state index contributed by atoms with van der Waals surface area (Å²) in [5, 5.41) is 11.0. The van der Waals surface area contributed by atoms with Crippen LogP contribution in [0.3, 0.4) is 0 Å². The highest BCUT2D eigenvalue weighted by Gasteiger charge is 2.11. The van der Waals surface area contributed by atoms with Gasteiger partial charge in [0.15, 0.2) is 0 Å². The van der Waals surface area contributed by atoms with E-state index in [4.69, 9.17) is 4.74 Å². The molecule has 0 saturated heterocycles. The maximum Gasteiger partial charge on any atom is 0.139 e. The van der Waals surface area contributed by atoms with Gasteiger partial charge >= 0.3 is 0 Å². The van der Waals surface area contributed by atoms with E-state index in [1.54, 1.807) is 18.2 Å². The van der Waals surface area contributed by atoms with Crippen LogP contribution in [0.15, 0.2) is 48.7 Å². The Kier molecular flexibility index (Phi) is 3.52. The number of ether oxygens (including phenoxy) is 1. The number of phenols is 1. The minimum atomic E-state index is -0.283. The molecule has 0 aliphatic carbocycles. The smallest absolute Gasteiger partial charge is 0.139 e. The normalized spacial score (nSPS) is 11.0. The van der Waals surface area contributed by atoms with Crippen molar-refractivity contribution >= 4 is 10.9 Å². The molecule has 3 nitrogen and oxygen atoms in total. The fourth-order valence-corrected chi connectivity index (χ4v) is 2.47. The van der Waals surface area contributed by atoms with Crippen LogP contribution in [0.25, 0.3) is 10.9 Å². The van der Waals surface area contributed by atoms with E-state index in [9.17, 15) is 9.50 Å². The SMILES string of the molecule is CCn1cc(COc2ccc(F)cc2)c2cccc(O)c21. The molecule has 108 valence electrons. The third-order valence-electron chi connectivity index (χ3n) is 3.51. The number of hydrogen-bond donors (Lipinski definition) is 1. The summed E-state index contributed by atoms with van der Waals surface area (Å²) >= 11 is 0. The number of halogens is 1. The number of nitrogens with zero attached hydrogens (tertiary/aromatic N) is 1. The second kappa shape index (κ2) is 5.48. The number of fused-ring (bicyclic) bond motifs is 1. The van der Waals surface area contributed by atoms with Crippen LogP contribution in [0, 0.1) is 5.82 Å². The second-order valence-electron chi connectivity index (χ2n) is 4.86. The minimum Gasteiger partial charge on any atom is -0.506 e. The van der Waals surface area contributed by atoms with Gasteiger partial charge in [-0.05, 0) is 37.3 Å². The van der Waals surface area contributed by atoms with Gasteiger partial charge < -0.3 is 14.4 Å². The Morgan fingerprint density at radius 2 is 1.90 bits per heavy atom. The van der Waals surface area contributed by atoms with Crippen LogP contribution in [-0.2, 0) is 13.2 Å². The number of aromatic nitrogens is 1. The maximum atomic E-state index is 12.9. The summed E-state index contributed by atoms with van der Waals surface area (Å²) in [7, 11) is 0. The van der Waals surface area contributed by atoms with Gasteiger partial charge in [0.2, 0.25) is 0 Å². The third kappa shape index (κ3) is 2.57. The van der Waals surface area contributed by atoms with Gasteiger partial charge in [-0.1, -0.05) is 12.1 Å². The molecule has 3 rings (SSSR count). The summed E-state index contributed by atoms with van der Waals surface area (Å²) < 4.78 is 20.6. The van der Waals surface area contributed by atoms with Crippen molar-refractivity contribution in [3.05, 3.63) is 60.0 Å². The predicted molar refractivity (Wildman–Crippen MR) is 80.0 cm³/mol. The summed E-state index contributed by atoms with van der Waals surface area (Å²) in [4.78, 5) is 0. The van der Waals surface area contributed by atoms with E-state index < -0.39 is 0 Å². The highest BCUT2D eigenvalue weighted by molar-refractivity contribution is 5.88. The molecule has 0 radical (unpaired) electrons. The lowest BCUT2D eigenvalue weighted by Gasteiger charge is -2.05. The zero-order chi connectivity index (χ0) is 14.8. The largest absolute Gasteiger partial charge is 0.506 e. The summed E-state index contributed by atoms with van der Waals surface area (Å²) in [6.07, 6.45) is 1.98. The first-order chi connectivity index (χ1) is 10.2. The van der Waals surface area contributed by atoms with Gasteiger partial charge in [0.05, 0.1) is 5.52 Å². The lowest BCUT2D eigenvalue weighted by Crippen LogP contribution is -1.95. The van der Waals surface area contributed by atoms with Gasteiger partial charge in [0.1, 0.15) is 23.9 Å². The molecule has 0 aliphatic rings. The molecule has 0 unspecified atom stereocenters. The highest BCUT2D eigenvalue weighted by Crippen LogP contribution is 2.29. The van der Waals surface area contributed by atoms with Crippen LogP contribution >= 0.6 is 0 Å². The lowest BCUT2D eigenvalue weighted by atomic mass is 10.2. The fraction of sp³-hybridized carbons (Fsp3) is 0.176. The van der Waals surface area contributed by atoms with E-state index in [1.807, 2.05) is 29.8 Å². The molecule has 0 atom stereocenters. The van der Waals surface area contributed by atoms with Gasteiger partial charge in [-0.2, -0.15) is 0 Å². The molecular formula is C17H16FNO2. The molecule has 0 saturated carbocycles. The number of benzene rings is 2. The molecule has 1 aromatic heterocycles. The minimum absolute atomic E-state index is 0.266. The number of phenolic OH excluding ortho intramolecular Hbond substituents is 1. The zero-order valence-electron chi connectivity index (χ0n) is 11.7. The van der Waals surface area contributed by atoms with Crippen molar-refractivity contribution in [3.8, 4) is 11.5 Å². The molecule has 0 aliphatic heterocycles. The Labute approximate surface area is 122 Å². The van der Waals surface area contributed by atoms with Crippen LogP contribution in [0.5, 0.6) is 11.5 Å². The van der Waals surface area contributed by atoms with Crippen molar-refractivity contribution in [2.45, 2.75) is 20.1 Å². The number of hydrogen-bond acceptors (Lipinski definition) is 2. The van der Waals surface area contributed by atoms with E-state index in [0.717, 1.165) is 23.0 Å². The summed E-state index contributed by atoms with van der Waals surface area (Å²) in [6.45, 7) is 3.17. The molecule has 1 N–H and O–H groups in total. The molecule has 1 heterocycles. The molecular weight excluding hydrogens is 269 g/mol. The maximum absolute atomic E-state index is 12.9. The number of rotatable bonds is 4. The Bertz CT molecular complexity index is 762.